The summed E-state index contributed by atoms with van der Waals surface area (Å²) in [5.41, 5.74) is 3.08. The van der Waals surface area contributed by atoms with Crippen LogP contribution in [0.15, 0.2) is 63.6 Å². The standard InChI is InChI=1S/C27H26F3NO2S/c1-15(2)24-23(25(33)16-4-6-18(7-5-16)27(28,29)30)21(17-8-11-34-14-17)22-19(31-24)12-26(9-3-10-26)13-20(22)32/h4-8,11,14-15,21,31H,3,9-10,12-13H2,1-2H3. The molecule has 0 saturated heterocycles. The molecule has 0 amide bonds. The zero-order valence-electron chi connectivity index (χ0n) is 19.1. The number of hydrogen-bond donors (Lipinski definition) is 1. The van der Waals surface area contributed by atoms with Crippen LogP contribution >= 0.6 is 11.3 Å². The normalized spacial score (nSPS) is 22.1. The molecule has 1 aliphatic heterocycles. The molecule has 0 bridgehead atoms. The Morgan fingerprint density at radius 3 is 2.35 bits per heavy atom. The van der Waals surface area contributed by atoms with Crippen molar-refractivity contribution in [1.82, 2.24) is 5.32 Å². The maximum Gasteiger partial charge on any atom is 0.416 e. The van der Waals surface area contributed by atoms with Crippen molar-refractivity contribution >= 4 is 22.9 Å². The van der Waals surface area contributed by atoms with Gasteiger partial charge in [0.25, 0.3) is 0 Å². The Morgan fingerprint density at radius 2 is 1.82 bits per heavy atom. The van der Waals surface area contributed by atoms with E-state index in [-0.39, 0.29) is 28.5 Å². The number of carbonyl (C=O) groups is 2. The number of benzene rings is 1. The van der Waals surface area contributed by atoms with Crippen molar-refractivity contribution in [2.45, 2.75) is 58.0 Å². The minimum Gasteiger partial charge on any atom is -0.361 e. The summed E-state index contributed by atoms with van der Waals surface area (Å²) in [7, 11) is 0. The number of rotatable bonds is 4. The lowest BCUT2D eigenvalue weighted by atomic mass is 9.58. The highest BCUT2D eigenvalue weighted by Crippen LogP contribution is 2.55. The predicted molar refractivity (Wildman–Crippen MR) is 125 cm³/mol. The number of halogens is 3. The molecule has 34 heavy (non-hydrogen) atoms. The van der Waals surface area contributed by atoms with E-state index < -0.39 is 17.7 Å². The van der Waals surface area contributed by atoms with Gasteiger partial charge < -0.3 is 5.32 Å². The van der Waals surface area contributed by atoms with E-state index in [1.165, 1.54) is 23.5 Å². The molecular formula is C27H26F3NO2S. The van der Waals surface area contributed by atoms with E-state index in [4.69, 9.17) is 0 Å². The van der Waals surface area contributed by atoms with Crippen molar-refractivity contribution in [2.75, 3.05) is 0 Å². The third kappa shape index (κ3) is 3.84. The predicted octanol–water partition coefficient (Wildman–Crippen LogP) is 7.03. The molecule has 3 nitrogen and oxygen atoms in total. The number of thiophene rings is 1. The summed E-state index contributed by atoms with van der Waals surface area (Å²) >= 11 is 1.50. The molecule has 3 aliphatic rings. The van der Waals surface area contributed by atoms with Gasteiger partial charge in [-0.2, -0.15) is 24.5 Å². The second-order valence-electron chi connectivity index (χ2n) is 10.0. The van der Waals surface area contributed by atoms with Gasteiger partial charge in [0, 0.05) is 40.4 Å². The first-order chi connectivity index (χ1) is 16.1. The lowest BCUT2D eigenvalue weighted by Crippen LogP contribution is -2.44. The average Bonchev–Trinajstić information content (AvgIpc) is 3.30. The summed E-state index contributed by atoms with van der Waals surface area (Å²) in [4.78, 5) is 27.4. The van der Waals surface area contributed by atoms with E-state index in [1.807, 2.05) is 30.7 Å². The van der Waals surface area contributed by atoms with Gasteiger partial charge in [-0.1, -0.05) is 32.4 Å². The number of Topliss-reactive ketones (excluding diaryl/α,β-unsaturated/α-hetero) is 2. The summed E-state index contributed by atoms with van der Waals surface area (Å²) in [5.74, 6) is -0.813. The topological polar surface area (TPSA) is 46.2 Å². The van der Waals surface area contributed by atoms with E-state index in [2.05, 4.69) is 5.32 Å². The lowest BCUT2D eigenvalue weighted by Gasteiger charge is -2.48. The van der Waals surface area contributed by atoms with Gasteiger partial charge >= 0.3 is 6.18 Å². The molecule has 1 N–H and O–H groups in total. The molecule has 178 valence electrons. The fourth-order valence-electron chi connectivity index (χ4n) is 5.59. The Bertz CT molecular complexity index is 1200. The first-order valence-electron chi connectivity index (χ1n) is 11.6. The molecule has 2 aromatic rings. The number of hydrogen-bond acceptors (Lipinski definition) is 4. The Morgan fingerprint density at radius 1 is 1.12 bits per heavy atom. The molecule has 1 spiro atoms. The van der Waals surface area contributed by atoms with E-state index in [9.17, 15) is 22.8 Å². The van der Waals surface area contributed by atoms with Crippen LogP contribution in [0.5, 0.6) is 0 Å². The van der Waals surface area contributed by atoms with Crippen LogP contribution in [0.3, 0.4) is 0 Å². The smallest absolute Gasteiger partial charge is 0.361 e. The Labute approximate surface area is 200 Å². The van der Waals surface area contributed by atoms with Crippen LogP contribution in [-0.4, -0.2) is 11.6 Å². The van der Waals surface area contributed by atoms with Crippen molar-refractivity contribution in [2.24, 2.45) is 11.3 Å². The monoisotopic (exact) mass is 485 g/mol. The SMILES string of the molecule is CC(C)C1=C(C(=O)c2ccc(C(F)(F)F)cc2)C(c2ccsc2)C2=C(CC3(CCC3)CC2=O)N1. The number of alkyl halides is 3. The largest absolute Gasteiger partial charge is 0.416 e. The second-order valence-corrected chi connectivity index (χ2v) is 10.8. The molecule has 2 heterocycles. The van der Waals surface area contributed by atoms with Crippen LogP contribution < -0.4 is 5.32 Å². The molecule has 2 aliphatic carbocycles. The van der Waals surface area contributed by atoms with Crippen LogP contribution in [0.1, 0.15) is 73.4 Å². The van der Waals surface area contributed by atoms with Gasteiger partial charge in [0.15, 0.2) is 11.6 Å². The van der Waals surface area contributed by atoms with Crippen molar-refractivity contribution in [1.29, 1.82) is 0 Å². The van der Waals surface area contributed by atoms with Gasteiger partial charge in [-0.05, 0) is 65.1 Å². The van der Waals surface area contributed by atoms with Crippen molar-refractivity contribution < 1.29 is 22.8 Å². The highest BCUT2D eigenvalue weighted by atomic mass is 32.1. The highest BCUT2D eigenvalue weighted by Gasteiger charge is 2.49. The Hall–Kier alpha value is -2.67. The molecule has 1 saturated carbocycles. The maximum absolute atomic E-state index is 13.8. The first kappa shape index (κ1) is 23.1. The number of dihydropyridines is 1. The minimum atomic E-state index is -4.47. The first-order valence-corrected chi connectivity index (χ1v) is 12.6. The van der Waals surface area contributed by atoms with Gasteiger partial charge in [0.05, 0.1) is 5.56 Å². The van der Waals surface area contributed by atoms with Crippen molar-refractivity contribution in [3.63, 3.8) is 0 Å². The minimum absolute atomic E-state index is 0.0269. The van der Waals surface area contributed by atoms with Crippen LogP contribution in [-0.2, 0) is 11.0 Å². The molecular weight excluding hydrogens is 459 g/mol. The molecule has 5 rings (SSSR count). The number of carbonyl (C=O) groups excluding carboxylic acids is 2. The number of nitrogens with one attached hydrogen (secondary N) is 1. The average molecular weight is 486 g/mol. The third-order valence-electron chi connectivity index (χ3n) is 7.45. The fourth-order valence-corrected chi connectivity index (χ4v) is 6.28. The summed E-state index contributed by atoms with van der Waals surface area (Å²) in [6, 6.07) is 6.28. The van der Waals surface area contributed by atoms with Crippen LogP contribution in [0.4, 0.5) is 13.2 Å². The van der Waals surface area contributed by atoms with E-state index in [1.54, 1.807) is 0 Å². The number of ketones is 2. The van der Waals surface area contributed by atoms with Gasteiger partial charge in [-0.15, -0.1) is 0 Å². The maximum atomic E-state index is 13.8. The molecule has 1 unspecified atom stereocenters. The molecule has 7 heteroatoms. The molecule has 0 radical (unpaired) electrons. The summed E-state index contributed by atoms with van der Waals surface area (Å²) in [6.07, 6.45) is 0.0337. The third-order valence-corrected chi connectivity index (χ3v) is 8.15. The highest BCUT2D eigenvalue weighted by molar-refractivity contribution is 7.08. The Kier molecular flexibility index (Phi) is 5.58. The second kappa shape index (κ2) is 8.22. The van der Waals surface area contributed by atoms with Crippen molar-refractivity contribution in [3.8, 4) is 0 Å². The van der Waals surface area contributed by atoms with E-state index in [0.717, 1.165) is 54.8 Å². The van der Waals surface area contributed by atoms with Crippen LogP contribution in [0.25, 0.3) is 0 Å². The van der Waals surface area contributed by atoms with Crippen LogP contribution in [0, 0.1) is 11.3 Å². The van der Waals surface area contributed by atoms with Gasteiger partial charge in [-0.25, -0.2) is 0 Å². The lowest BCUT2D eigenvalue weighted by molar-refractivity contribution is -0.137. The van der Waals surface area contributed by atoms with Gasteiger partial charge in [-0.3, -0.25) is 9.59 Å². The van der Waals surface area contributed by atoms with Crippen LogP contribution in [0.2, 0.25) is 0 Å². The molecule has 1 fully saturated rings. The molecule has 1 aromatic carbocycles. The summed E-state index contributed by atoms with van der Waals surface area (Å²) < 4.78 is 39.2. The zero-order valence-corrected chi connectivity index (χ0v) is 19.9. The fraction of sp³-hybridized carbons (Fsp3) is 0.407. The quantitative estimate of drug-likeness (QED) is 0.473. The molecule has 1 aromatic heterocycles. The zero-order chi connectivity index (χ0) is 24.3. The van der Waals surface area contributed by atoms with E-state index >= 15 is 0 Å². The van der Waals surface area contributed by atoms with Gasteiger partial charge in [0.1, 0.15) is 0 Å². The Balaban J connectivity index is 1.63. The van der Waals surface area contributed by atoms with E-state index in [0.29, 0.717) is 17.6 Å². The molecule has 1 atom stereocenters. The summed E-state index contributed by atoms with van der Waals surface area (Å²) in [5, 5.41) is 7.36. The summed E-state index contributed by atoms with van der Waals surface area (Å²) in [6.45, 7) is 3.98. The van der Waals surface area contributed by atoms with Crippen molar-refractivity contribution in [3.05, 3.63) is 80.3 Å². The van der Waals surface area contributed by atoms with Gasteiger partial charge in [0.2, 0.25) is 0 Å². The number of allylic oxidation sites excluding steroid dienone is 4.